The van der Waals surface area contributed by atoms with Gasteiger partial charge in [0.25, 0.3) is 0 Å². The van der Waals surface area contributed by atoms with E-state index in [-0.39, 0.29) is 0 Å². The summed E-state index contributed by atoms with van der Waals surface area (Å²) in [5.74, 6) is 0. The van der Waals surface area contributed by atoms with Gasteiger partial charge in [-0.2, -0.15) is 0 Å². The van der Waals surface area contributed by atoms with Crippen molar-refractivity contribution in [2.75, 3.05) is 46.0 Å². The van der Waals surface area contributed by atoms with Crippen LogP contribution in [0.4, 0.5) is 0 Å². The topological polar surface area (TPSA) is 33.7 Å². The zero-order valence-electron chi connectivity index (χ0n) is 11.0. The standard InChI is InChI=1S/C13H26N2O2/c1-2-16-10-7-14-6-8-15-9-11-17-13-5-3-4-12(13)15/h12-14H,2-11H2,1H3. The van der Waals surface area contributed by atoms with Gasteiger partial charge in [-0.15, -0.1) is 0 Å². The van der Waals surface area contributed by atoms with E-state index in [4.69, 9.17) is 9.47 Å². The molecule has 2 atom stereocenters. The van der Waals surface area contributed by atoms with Gasteiger partial charge in [0.2, 0.25) is 0 Å². The van der Waals surface area contributed by atoms with Crippen molar-refractivity contribution in [3.8, 4) is 0 Å². The zero-order valence-corrected chi connectivity index (χ0v) is 11.0. The van der Waals surface area contributed by atoms with Crippen LogP contribution in [0.1, 0.15) is 26.2 Å². The van der Waals surface area contributed by atoms with Crippen LogP contribution in [0.15, 0.2) is 0 Å². The third kappa shape index (κ3) is 3.91. The molecule has 0 aromatic rings. The number of fused-ring (bicyclic) bond motifs is 1. The van der Waals surface area contributed by atoms with Gasteiger partial charge in [0.1, 0.15) is 0 Å². The molecule has 2 rings (SSSR count). The average molecular weight is 242 g/mol. The van der Waals surface area contributed by atoms with Crippen LogP contribution < -0.4 is 5.32 Å². The molecule has 0 radical (unpaired) electrons. The van der Waals surface area contributed by atoms with E-state index in [9.17, 15) is 0 Å². The summed E-state index contributed by atoms with van der Waals surface area (Å²) >= 11 is 0. The Morgan fingerprint density at radius 2 is 2.29 bits per heavy atom. The van der Waals surface area contributed by atoms with E-state index >= 15 is 0 Å². The lowest BCUT2D eigenvalue weighted by molar-refractivity contribution is -0.0549. The number of rotatable bonds is 7. The third-order valence-electron chi connectivity index (χ3n) is 3.80. The minimum absolute atomic E-state index is 0.521. The number of nitrogens with one attached hydrogen (secondary N) is 1. The Morgan fingerprint density at radius 1 is 1.35 bits per heavy atom. The number of ether oxygens (including phenoxy) is 2. The summed E-state index contributed by atoms with van der Waals surface area (Å²) in [6.07, 6.45) is 4.44. The monoisotopic (exact) mass is 242 g/mol. The van der Waals surface area contributed by atoms with E-state index in [1.807, 2.05) is 6.92 Å². The molecule has 2 fully saturated rings. The van der Waals surface area contributed by atoms with Crippen LogP contribution in [0.25, 0.3) is 0 Å². The zero-order chi connectivity index (χ0) is 11.9. The molecule has 1 heterocycles. The number of nitrogens with zero attached hydrogens (tertiary/aromatic N) is 1. The van der Waals surface area contributed by atoms with Crippen LogP contribution in [-0.4, -0.2) is 63.0 Å². The van der Waals surface area contributed by atoms with Gasteiger partial charge < -0.3 is 14.8 Å². The predicted octanol–water partition coefficient (Wildman–Crippen LogP) is 0.866. The molecule has 100 valence electrons. The highest BCUT2D eigenvalue weighted by Gasteiger charge is 2.35. The van der Waals surface area contributed by atoms with E-state index in [1.54, 1.807) is 0 Å². The molecule has 2 unspecified atom stereocenters. The van der Waals surface area contributed by atoms with E-state index in [0.29, 0.717) is 12.1 Å². The number of morpholine rings is 1. The highest BCUT2D eigenvalue weighted by atomic mass is 16.5. The molecule has 4 nitrogen and oxygen atoms in total. The van der Waals surface area contributed by atoms with Gasteiger partial charge in [0.15, 0.2) is 0 Å². The Hall–Kier alpha value is -0.160. The van der Waals surface area contributed by atoms with Crippen molar-refractivity contribution in [2.45, 2.75) is 38.3 Å². The molecule has 0 aromatic carbocycles. The van der Waals surface area contributed by atoms with Crippen molar-refractivity contribution in [3.05, 3.63) is 0 Å². The molecule has 0 bridgehead atoms. The molecule has 17 heavy (non-hydrogen) atoms. The summed E-state index contributed by atoms with van der Waals surface area (Å²) in [6.45, 7) is 8.88. The fourth-order valence-corrected chi connectivity index (χ4v) is 2.92. The minimum atomic E-state index is 0.521. The molecule has 1 saturated heterocycles. The first-order chi connectivity index (χ1) is 8.42. The Morgan fingerprint density at radius 3 is 3.18 bits per heavy atom. The van der Waals surface area contributed by atoms with Gasteiger partial charge in [0.05, 0.1) is 19.3 Å². The number of hydrogen-bond acceptors (Lipinski definition) is 4. The summed E-state index contributed by atoms with van der Waals surface area (Å²) in [5, 5.41) is 3.44. The number of hydrogen-bond donors (Lipinski definition) is 1. The Bertz CT molecular complexity index is 214. The first kappa shape index (κ1) is 13.3. The fraction of sp³-hybridized carbons (Fsp3) is 1.00. The minimum Gasteiger partial charge on any atom is -0.380 e. The Labute approximate surface area is 105 Å². The molecule has 4 heteroatoms. The second kappa shape index (κ2) is 7.31. The summed E-state index contributed by atoms with van der Waals surface area (Å²) in [6, 6.07) is 0.692. The quantitative estimate of drug-likeness (QED) is 0.672. The maximum atomic E-state index is 5.81. The lowest BCUT2D eigenvalue weighted by atomic mass is 10.1. The van der Waals surface area contributed by atoms with Crippen LogP contribution in [0.5, 0.6) is 0 Å². The van der Waals surface area contributed by atoms with E-state index in [1.165, 1.54) is 19.3 Å². The van der Waals surface area contributed by atoms with Crippen molar-refractivity contribution in [3.63, 3.8) is 0 Å². The van der Waals surface area contributed by atoms with Gasteiger partial charge in [-0.25, -0.2) is 0 Å². The molecule has 2 aliphatic rings. The van der Waals surface area contributed by atoms with Crippen molar-refractivity contribution < 1.29 is 9.47 Å². The van der Waals surface area contributed by atoms with Crippen LogP contribution in [0, 0.1) is 0 Å². The molecule has 1 aliphatic carbocycles. The summed E-state index contributed by atoms with van der Waals surface area (Å²) in [5.41, 5.74) is 0. The normalized spacial score (nSPS) is 29.5. The van der Waals surface area contributed by atoms with Gasteiger partial charge in [-0.05, 0) is 26.2 Å². The van der Waals surface area contributed by atoms with Crippen LogP contribution in [-0.2, 0) is 9.47 Å². The molecule has 0 amide bonds. The third-order valence-corrected chi connectivity index (χ3v) is 3.80. The Kier molecular flexibility index (Phi) is 5.71. The molecule has 1 saturated carbocycles. The summed E-state index contributed by atoms with van der Waals surface area (Å²) < 4.78 is 11.1. The van der Waals surface area contributed by atoms with E-state index < -0.39 is 0 Å². The lowest BCUT2D eigenvalue weighted by Crippen LogP contribution is -2.50. The molecular weight excluding hydrogens is 216 g/mol. The average Bonchev–Trinajstić information content (AvgIpc) is 2.82. The maximum absolute atomic E-state index is 5.81. The summed E-state index contributed by atoms with van der Waals surface area (Å²) in [4.78, 5) is 2.61. The van der Waals surface area contributed by atoms with Crippen molar-refractivity contribution in [1.29, 1.82) is 0 Å². The largest absolute Gasteiger partial charge is 0.380 e. The highest BCUT2D eigenvalue weighted by Crippen LogP contribution is 2.29. The Balaban J connectivity index is 1.58. The van der Waals surface area contributed by atoms with Crippen LogP contribution in [0.3, 0.4) is 0 Å². The molecule has 0 spiro atoms. The molecule has 1 N–H and O–H groups in total. The summed E-state index contributed by atoms with van der Waals surface area (Å²) in [7, 11) is 0. The first-order valence-corrected chi connectivity index (χ1v) is 7.06. The van der Waals surface area contributed by atoms with Gasteiger partial charge in [-0.1, -0.05) is 0 Å². The van der Waals surface area contributed by atoms with Crippen LogP contribution in [0.2, 0.25) is 0 Å². The van der Waals surface area contributed by atoms with Gasteiger partial charge in [-0.3, -0.25) is 4.90 Å². The second-order valence-electron chi connectivity index (χ2n) is 4.89. The van der Waals surface area contributed by atoms with Gasteiger partial charge >= 0.3 is 0 Å². The van der Waals surface area contributed by atoms with Crippen molar-refractivity contribution >= 4 is 0 Å². The van der Waals surface area contributed by atoms with Crippen molar-refractivity contribution in [1.82, 2.24) is 10.2 Å². The van der Waals surface area contributed by atoms with E-state index in [0.717, 1.165) is 46.0 Å². The molecule has 1 aliphatic heterocycles. The second-order valence-corrected chi connectivity index (χ2v) is 4.89. The fourth-order valence-electron chi connectivity index (χ4n) is 2.92. The smallest absolute Gasteiger partial charge is 0.0730 e. The van der Waals surface area contributed by atoms with Gasteiger partial charge in [0, 0.05) is 38.8 Å². The van der Waals surface area contributed by atoms with Crippen molar-refractivity contribution in [2.24, 2.45) is 0 Å². The molecular formula is C13H26N2O2. The molecule has 0 aromatic heterocycles. The maximum Gasteiger partial charge on any atom is 0.0730 e. The lowest BCUT2D eigenvalue weighted by Gasteiger charge is -2.37. The predicted molar refractivity (Wildman–Crippen MR) is 68.3 cm³/mol. The first-order valence-electron chi connectivity index (χ1n) is 7.06. The van der Waals surface area contributed by atoms with Crippen LogP contribution >= 0.6 is 0 Å². The SMILES string of the molecule is CCOCCNCCN1CCOC2CCCC21. The highest BCUT2D eigenvalue weighted by molar-refractivity contribution is 4.89. The van der Waals surface area contributed by atoms with E-state index in [2.05, 4.69) is 10.2 Å².